The van der Waals surface area contributed by atoms with Crippen LogP contribution in [0.15, 0.2) is 30.3 Å². The molecule has 1 aromatic rings. The highest BCUT2D eigenvalue weighted by molar-refractivity contribution is 9.10. The van der Waals surface area contributed by atoms with Crippen molar-refractivity contribution < 1.29 is 14.3 Å². The first-order chi connectivity index (χ1) is 9.69. The van der Waals surface area contributed by atoms with Crippen molar-refractivity contribution in [3.8, 4) is 0 Å². The fourth-order valence-electron chi connectivity index (χ4n) is 1.70. The molecule has 0 fully saturated rings. The van der Waals surface area contributed by atoms with Crippen molar-refractivity contribution in [1.29, 1.82) is 0 Å². The van der Waals surface area contributed by atoms with Gasteiger partial charge in [-0.25, -0.2) is 4.79 Å². The zero-order chi connectivity index (χ0) is 16.0. The Labute approximate surface area is 134 Å². The van der Waals surface area contributed by atoms with Crippen LogP contribution in [0.1, 0.15) is 33.3 Å². The summed E-state index contributed by atoms with van der Waals surface area (Å²) in [5.74, 6) is -0.658. The van der Waals surface area contributed by atoms with Crippen molar-refractivity contribution in [3.63, 3.8) is 0 Å². The van der Waals surface area contributed by atoms with E-state index in [1.165, 1.54) is 0 Å². The van der Waals surface area contributed by atoms with E-state index in [2.05, 4.69) is 21.2 Å². The van der Waals surface area contributed by atoms with Crippen molar-refractivity contribution in [2.24, 2.45) is 0 Å². The molecular weight excluding hydrogens is 334 g/mol. The highest BCUT2D eigenvalue weighted by Crippen LogP contribution is 2.12. The number of benzene rings is 1. The van der Waals surface area contributed by atoms with Gasteiger partial charge in [-0.1, -0.05) is 46.3 Å². The van der Waals surface area contributed by atoms with Crippen molar-refractivity contribution in [2.45, 2.75) is 50.6 Å². The Bertz CT molecular complexity index is 480. The van der Waals surface area contributed by atoms with Gasteiger partial charge in [0.05, 0.1) is 4.83 Å². The minimum Gasteiger partial charge on any atom is -0.458 e. The summed E-state index contributed by atoms with van der Waals surface area (Å²) in [5.41, 5.74) is 0.382. The fraction of sp³-hybridized carbons (Fsp3) is 0.500. The van der Waals surface area contributed by atoms with Gasteiger partial charge in [-0.2, -0.15) is 0 Å². The Morgan fingerprint density at radius 3 is 2.29 bits per heavy atom. The molecule has 0 aromatic heterocycles. The Kier molecular flexibility index (Phi) is 6.40. The Morgan fingerprint density at radius 2 is 1.81 bits per heavy atom. The lowest BCUT2D eigenvalue weighted by atomic mass is 10.1. The third kappa shape index (κ3) is 6.76. The maximum atomic E-state index is 12.3. The van der Waals surface area contributed by atoms with Gasteiger partial charge in [0, 0.05) is 6.42 Å². The second-order valence-electron chi connectivity index (χ2n) is 5.90. The molecule has 0 bridgehead atoms. The number of ether oxygens (including phenoxy) is 1. The van der Waals surface area contributed by atoms with E-state index in [1.54, 1.807) is 27.7 Å². The molecule has 1 aromatic carbocycles. The second-order valence-corrected chi connectivity index (χ2v) is 7.27. The maximum Gasteiger partial charge on any atom is 0.329 e. The lowest BCUT2D eigenvalue weighted by Crippen LogP contribution is -2.47. The molecule has 0 spiro atoms. The molecule has 0 unspecified atom stereocenters. The van der Waals surface area contributed by atoms with Crippen molar-refractivity contribution in [2.75, 3.05) is 0 Å². The molecule has 1 rings (SSSR count). The van der Waals surface area contributed by atoms with Gasteiger partial charge in [-0.05, 0) is 33.3 Å². The average molecular weight is 356 g/mol. The van der Waals surface area contributed by atoms with Gasteiger partial charge in [-0.3, -0.25) is 4.79 Å². The van der Waals surface area contributed by atoms with Gasteiger partial charge in [0.1, 0.15) is 11.6 Å². The summed E-state index contributed by atoms with van der Waals surface area (Å²) in [7, 11) is 0. The molecule has 21 heavy (non-hydrogen) atoms. The quantitative estimate of drug-likeness (QED) is 0.652. The third-order valence-electron chi connectivity index (χ3n) is 2.65. The molecule has 4 nitrogen and oxygen atoms in total. The molecule has 1 amide bonds. The van der Waals surface area contributed by atoms with E-state index in [4.69, 9.17) is 4.74 Å². The summed E-state index contributed by atoms with van der Waals surface area (Å²) in [6, 6.07) is 8.85. The maximum absolute atomic E-state index is 12.3. The van der Waals surface area contributed by atoms with Gasteiger partial charge in [-0.15, -0.1) is 0 Å². The highest BCUT2D eigenvalue weighted by Gasteiger charge is 2.27. The zero-order valence-corrected chi connectivity index (χ0v) is 14.4. The molecule has 1 N–H and O–H groups in total. The minimum atomic E-state index is -0.695. The summed E-state index contributed by atoms with van der Waals surface area (Å²) in [5, 5.41) is 2.73. The van der Waals surface area contributed by atoms with Crippen LogP contribution in [0.25, 0.3) is 0 Å². The molecule has 5 heteroatoms. The predicted octanol–water partition coefficient (Wildman–Crippen LogP) is 2.84. The molecule has 0 saturated heterocycles. The summed E-state index contributed by atoms with van der Waals surface area (Å²) in [6.45, 7) is 7.13. The third-order valence-corrected chi connectivity index (χ3v) is 3.07. The number of alkyl halides is 1. The minimum absolute atomic E-state index is 0.234. The van der Waals surface area contributed by atoms with E-state index in [9.17, 15) is 9.59 Å². The van der Waals surface area contributed by atoms with Crippen molar-refractivity contribution in [1.82, 2.24) is 5.32 Å². The molecular formula is C16H22BrNO3. The predicted molar refractivity (Wildman–Crippen MR) is 86.3 cm³/mol. The molecule has 0 aliphatic rings. The van der Waals surface area contributed by atoms with Crippen LogP contribution in [-0.4, -0.2) is 28.3 Å². The van der Waals surface area contributed by atoms with Gasteiger partial charge < -0.3 is 10.1 Å². The van der Waals surface area contributed by atoms with E-state index < -0.39 is 17.6 Å². The topological polar surface area (TPSA) is 55.4 Å². The lowest BCUT2D eigenvalue weighted by Gasteiger charge is -2.25. The van der Waals surface area contributed by atoms with Crippen LogP contribution in [0.5, 0.6) is 0 Å². The lowest BCUT2D eigenvalue weighted by molar-refractivity contribution is -0.158. The molecule has 0 aliphatic heterocycles. The highest BCUT2D eigenvalue weighted by atomic mass is 79.9. The average Bonchev–Trinajstić information content (AvgIpc) is 2.36. The molecule has 0 radical (unpaired) electrons. The summed E-state index contributed by atoms with van der Waals surface area (Å²) in [4.78, 5) is 23.8. The van der Waals surface area contributed by atoms with Gasteiger partial charge in [0.25, 0.3) is 0 Å². The van der Waals surface area contributed by atoms with Crippen LogP contribution in [-0.2, 0) is 20.7 Å². The normalized spacial score (nSPS) is 14.1. The van der Waals surface area contributed by atoms with Crippen molar-refractivity contribution >= 4 is 27.8 Å². The number of hydrogen-bond acceptors (Lipinski definition) is 3. The molecule has 0 aliphatic carbocycles. The van der Waals surface area contributed by atoms with Crippen LogP contribution >= 0.6 is 15.9 Å². The monoisotopic (exact) mass is 355 g/mol. The summed E-state index contributed by atoms with van der Waals surface area (Å²) >= 11 is 3.20. The van der Waals surface area contributed by atoms with Crippen molar-refractivity contribution in [3.05, 3.63) is 35.9 Å². The van der Waals surface area contributed by atoms with Gasteiger partial charge in [0.15, 0.2) is 0 Å². The van der Waals surface area contributed by atoms with Crippen LogP contribution < -0.4 is 5.32 Å². The molecule has 116 valence electrons. The van der Waals surface area contributed by atoms with Gasteiger partial charge >= 0.3 is 5.97 Å². The van der Waals surface area contributed by atoms with Crippen LogP contribution in [0.4, 0.5) is 0 Å². The van der Waals surface area contributed by atoms with Gasteiger partial charge in [0.2, 0.25) is 5.91 Å². The number of nitrogens with one attached hydrogen (secondary N) is 1. The summed E-state index contributed by atoms with van der Waals surface area (Å²) < 4.78 is 5.38. The number of amides is 1. The Hall–Kier alpha value is -1.36. The van der Waals surface area contributed by atoms with E-state index in [1.807, 2.05) is 30.3 Å². The van der Waals surface area contributed by atoms with E-state index in [0.717, 1.165) is 5.56 Å². The smallest absolute Gasteiger partial charge is 0.329 e. The SMILES string of the molecule is C[C@H](Br)C(=O)N[C@@H](Cc1ccccc1)C(=O)OC(C)(C)C. The Morgan fingerprint density at radius 1 is 1.24 bits per heavy atom. The number of halogens is 1. The summed E-state index contributed by atoms with van der Waals surface area (Å²) in [6.07, 6.45) is 0.404. The first-order valence-electron chi connectivity index (χ1n) is 6.90. The largest absolute Gasteiger partial charge is 0.458 e. The molecule has 2 atom stereocenters. The van der Waals surface area contributed by atoms with Crippen LogP contribution in [0, 0.1) is 0 Å². The number of rotatable bonds is 5. The number of hydrogen-bond donors (Lipinski definition) is 1. The molecule has 0 heterocycles. The first kappa shape index (κ1) is 17.7. The number of carbonyl (C=O) groups excluding carboxylic acids is 2. The second kappa shape index (κ2) is 7.59. The van der Waals surface area contributed by atoms with Crippen LogP contribution in [0.2, 0.25) is 0 Å². The standard InChI is InChI=1S/C16H22BrNO3/c1-11(17)14(19)18-13(15(20)21-16(2,3)4)10-12-8-6-5-7-9-12/h5-9,11,13H,10H2,1-4H3,(H,18,19)/t11-,13-/m0/s1. The fourth-order valence-corrected chi connectivity index (χ4v) is 1.83. The van der Waals surface area contributed by atoms with Crippen LogP contribution in [0.3, 0.4) is 0 Å². The number of carbonyl (C=O) groups is 2. The number of esters is 1. The van der Waals surface area contributed by atoms with E-state index in [-0.39, 0.29) is 10.7 Å². The van der Waals surface area contributed by atoms with E-state index >= 15 is 0 Å². The molecule has 0 saturated carbocycles. The zero-order valence-electron chi connectivity index (χ0n) is 12.9. The Balaban J connectivity index is 2.84. The first-order valence-corrected chi connectivity index (χ1v) is 7.82. The van der Waals surface area contributed by atoms with E-state index in [0.29, 0.717) is 6.42 Å².